The number of benzene rings is 1. The first-order valence-corrected chi connectivity index (χ1v) is 9.29. The van der Waals surface area contributed by atoms with Gasteiger partial charge in [0.1, 0.15) is 6.33 Å². The van der Waals surface area contributed by atoms with Gasteiger partial charge in [-0.15, -0.1) is 10.2 Å². The van der Waals surface area contributed by atoms with E-state index in [9.17, 15) is 13.2 Å². The molecular weight excluding hydrogens is 348 g/mol. The number of hydrogen-bond acceptors (Lipinski definition) is 6. The Bertz CT molecular complexity index is 804. The lowest BCUT2D eigenvalue weighted by atomic mass is 10.3. The number of amides is 1. The molecule has 118 valence electrons. The zero-order valence-corrected chi connectivity index (χ0v) is 14.2. The summed E-state index contributed by atoms with van der Waals surface area (Å²) < 4.78 is 24.7. The standard InChI is InChI=1S/C12H13ClN4O3S2/c1-17-7-14-16-12(17)21-6-11(18)15-10-5-8(22(2,19)20)3-4-9(10)13/h3-5,7H,6H2,1-2H3,(H,15,18). The number of thioether (sulfide) groups is 1. The summed E-state index contributed by atoms with van der Waals surface area (Å²) in [5, 5.41) is 11.0. The van der Waals surface area contributed by atoms with Crippen molar-refractivity contribution in [2.45, 2.75) is 10.1 Å². The maximum absolute atomic E-state index is 11.9. The van der Waals surface area contributed by atoms with E-state index in [1.165, 1.54) is 36.3 Å². The monoisotopic (exact) mass is 360 g/mol. The molecule has 7 nitrogen and oxygen atoms in total. The molecule has 10 heteroatoms. The van der Waals surface area contributed by atoms with E-state index in [0.717, 1.165) is 6.26 Å². The number of rotatable bonds is 5. The Hall–Kier alpha value is -1.58. The molecule has 1 amide bonds. The van der Waals surface area contributed by atoms with Gasteiger partial charge < -0.3 is 9.88 Å². The normalized spacial score (nSPS) is 11.4. The summed E-state index contributed by atoms with van der Waals surface area (Å²) in [5.74, 6) is -0.216. The Morgan fingerprint density at radius 3 is 2.77 bits per heavy atom. The van der Waals surface area contributed by atoms with Crippen molar-refractivity contribution in [3.8, 4) is 0 Å². The summed E-state index contributed by atoms with van der Waals surface area (Å²) in [5.41, 5.74) is 0.258. The minimum absolute atomic E-state index is 0.0909. The van der Waals surface area contributed by atoms with E-state index in [-0.39, 0.29) is 27.3 Å². The highest BCUT2D eigenvalue weighted by molar-refractivity contribution is 7.99. The third-order valence-electron chi connectivity index (χ3n) is 2.64. The Labute approximate surface area is 137 Å². The Kier molecular flexibility index (Phi) is 5.09. The number of carbonyl (C=O) groups excluding carboxylic acids is 1. The van der Waals surface area contributed by atoms with Crippen LogP contribution in [0, 0.1) is 0 Å². The zero-order chi connectivity index (χ0) is 16.3. The van der Waals surface area contributed by atoms with Crippen LogP contribution in [0.25, 0.3) is 0 Å². The fourth-order valence-electron chi connectivity index (χ4n) is 1.55. The van der Waals surface area contributed by atoms with E-state index < -0.39 is 9.84 Å². The molecule has 0 aliphatic rings. The topological polar surface area (TPSA) is 93.9 Å². The lowest BCUT2D eigenvalue weighted by Crippen LogP contribution is -2.15. The average Bonchev–Trinajstić information content (AvgIpc) is 2.83. The van der Waals surface area contributed by atoms with E-state index in [1.54, 1.807) is 11.6 Å². The minimum atomic E-state index is -3.37. The molecular formula is C12H13ClN4O3S2. The fraction of sp³-hybridized carbons (Fsp3) is 0.250. The van der Waals surface area contributed by atoms with Crippen LogP contribution in [0.1, 0.15) is 0 Å². The second kappa shape index (κ2) is 6.67. The van der Waals surface area contributed by atoms with Gasteiger partial charge in [0.15, 0.2) is 15.0 Å². The smallest absolute Gasteiger partial charge is 0.234 e. The predicted molar refractivity (Wildman–Crippen MR) is 84.9 cm³/mol. The van der Waals surface area contributed by atoms with Crippen molar-refractivity contribution in [3.05, 3.63) is 29.5 Å². The van der Waals surface area contributed by atoms with Gasteiger partial charge in [0.05, 0.1) is 21.4 Å². The van der Waals surface area contributed by atoms with Crippen molar-refractivity contribution in [3.63, 3.8) is 0 Å². The van der Waals surface area contributed by atoms with E-state index in [4.69, 9.17) is 11.6 Å². The van der Waals surface area contributed by atoms with Crippen LogP contribution in [0.5, 0.6) is 0 Å². The number of aromatic nitrogens is 3. The molecule has 2 aromatic rings. The molecule has 0 saturated carbocycles. The van der Waals surface area contributed by atoms with Crippen molar-refractivity contribution < 1.29 is 13.2 Å². The molecule has 22 heavy (non-hydrogen) atoms. The molecule has 0 spiro atoms. The summed E-state index contributed by atoms with van der Waals surface area (Å²) >= 11 is 7.19. The number of nitrogens with one attached hydrogen (secondary N) is 1. The van der Waals surface area contributed by atoms with Gasteiger partial charge in [-0.1, -0.05) is 23.4 Å². The molecule has 0 saturated heterocycles. The number of aryl methyl sites for hydroxylation is 1. The third kappa shape index (κ3) is 4.21. The largest absolute Gasteiger partial charge is 0.324 e. The number of halogens is 1. The molecule has 0 bridgehead atoms. The molecule has 0 radical (unpaired) electrons. The number of carbonyl (C=O) groups is 1. The first-order valence-electron chi connectivity index (χ1n) is 6.03. The van der Waals surface area contributed by atoms with Gasteiger partial charge in [-0.2, -0.15) is 0 Å². The molecule has 0 aliphatic carbocycles. The lowest BCUT2D eigenvalue weighted by molar-refractivity contribution is -0.113. The summed E-state index contributed by atoms with van der Waals surface area (Å²) in [4.78, 5) is 12.0. The summed E-state index contributed by atoms with van der Waals surface area (Å²) in [6.45, 7) is 0. The molecule has 1 heterocycles. The predicted octanol–water partition coefficient (Wildman–Crippen LogP) is 1.60. The molecule has 1 aromatic carbocycles. The molecule has 0 fully saturated rings. The van der Waals surface area contributed by atoms with Gasteiger partial charge in [-0.05, 0) is 18.2 Å². The fourth-order valence-corrected chi connectivity index (χ4v) is 3.05. The van der Waals surface area contributed by atoms with Crippen molar-refractivity contribution in [2.24, 2.45) is 7.05 Å². The van der Waals surface area contributed by atoms with Crippen LogP contribution >= 0.6 is 23.4 Å². The van der Waals surface area contributed by atoms with Crippen LogP contribution < -0.4 is 5.32 Å². The first kappa shape index (κ1) is 16.8. The Morgan fingerprint density at radius 2 is 2.18 bits per heavy atom. The van der Waals surface area contributed by atoms with Gasteiger partial charge >= 0.3 is 0 Å². The van der Waals surface area contributed by atoms with Crippen molar-refractivity contribution in [1.82, 2.24) is 14.8 Å². The highest BCUT2D eigenvalue weighted by atomic mass is 35.5. The van der Waals surface area contributed by atoms with Crippen LogP contribution in [-0.4, -0.2) is 41.1 Å². The van der Waals surface area contributed by atoms with Gasteiger partial charge in [-0.25, -0.2) is 8.42 Å². The molecule has 1 aromatic heterocycles. The second-order valence-corrected chi connectivity index (χ2v) is 7.84. The van der Waals surface area contributed by atoms with Gasteiger partial charge in [0, 0.05) is 13.3 Å². The lowest BCUT2D eigenvalue weighted by Gasteiger charge is -2.08. The Morgan fingerprint density at radius 1 is 1.45 bits per heavy atom. The molecule has 1 N–H and O–H groups in total. The first-order chi connectivity index (χ1) is 10.3. The molecule has 0 unspecified atom stereocenters. The molecule has 2 rings (SSSR count). The summed E-state index contributed by atoms with van der Waals surface area (Å²) in [6, 6.07) is 4.16. The quantitative estimate of drug-likeness (QED) is 0.814. The van der Waals surface area contributed by atoms with Gasteiger partial charge in [-0.3, -0.25) is 4.79 Å². The number of anilines is 1. The average molecular weight is 361 g/mol. The SMILES string of the molecule is Cn1cnnc1SCC(=O)Nc1cc(S(C)(=O)=O)ccc1Cl. The Balaban J connectivity index is 2.07. The minimum Gasteiger partial charge on any atom is -0.324 e. The number of nitrogens with zero attached hydrogens (tertiary/aromatic N) is 3. The molecule has 0 atom stereocenters. The zero-order valence-electron chi connectivity index (χ0n) is 11.8. The van der Waals surface area contributed by atoms with E-state index >= 15 is 0 Å². The maximum Gasteiger partial charge on any atom is 0.234 e. The van der Waals surface area contributed by atoms with E-state index in [2.05, 4.69) is 15.5 Å². The van der Waals surface area contributed by atoms with Gasteiger partial charge in [0.25, 0.3) is 0 Å². The van der Waals surface area contributed by atoms with Crippen molar-refractivity contribution >= 4 is 44.8 Å². The summed E-state index contributed by atoms with van der Waals surface area (Å²) in [6.07, 6.45) is 2.62. The highest BCUT2D eigenvalue weighted by Crippen LogP contribution is 2.25. The number of sulfone groups is 1. The third-order valence-corrected chi connectivity index (χ3v) is 5.12. The van der Waals surface area contributed by atoms with E-state index in [0.29, 0.717) is 5.16 Å². The van der Waals surface area contributed by atoms with Gasteiger partial charge in [0.2, 0.25) is 5.91 Å². The van der Waals surface area contributed by atoms with Crippen LogP contribution in [0.2, 0.25) is 5.02 Å². The van der Waals surface area contributed by atoms with Crippen molar-refractivity contribution in [2.75, 3.05) is 17.3 Å². The van der Waals surface area contributed by atoms with Crippen molar-refractivity contribution in [1.29, 1.82) is 0 Å². The number of hydrogen-bond donors (Lipinski definition) is 1. The molecule has 0 aliphatic heterocycles. The van der Waals surface area contributed by atoms with Crippen LogP contribution in [0.3, 0.4) is 0 Å². The van der Waals surface area contributed by atoms with Crippen LogP contribution in [0.15, 0.2) is 34.6 Å². The van der Waals surface area contributed by atoms with E-state index in [1.807, 2.05) is 0 Å². The highest BCUT2D eigenvalue weighted by Gasteiger charge is 2.13. The van der Waals surface area contributed by atoms with Crippen LogP contribution in [-0.2, 0) is 21.7 Å². The second-order valence-electron chi connectivity index (χ2n) is 4.48. The van der Waals surface area contributed by atoms with Crippen LogP contribution in [0.4, 0.5) is 5.69 Å². The maximum atomic E-state index is 11.9. The summed E-state index contributed by atoms with van der Waals surface area (Å²) in [7, 11) is -1.60.